The van der Waals surface area contributed by atoms with Crippen molar-refractivity contribution in [2.24, 2.45) is 5.92 Å². The minimum absolute atomic E-state index is 0.470. The van der Waals surface area contributed by atoms with Gasteiger partial charge in [0, 0.05) is 18.4 Å². The van der Waals surface area contributed by atoms with Crippen molar-refractivity contribution in [3.05, 3.63) is 18.2 Å². The fourth-order valence-corrected chi connectivity index (χ4v) is 3.47. The van der Waals surface area contributed by atoms with E-state index in [2.05, 4.69) is 15.2 Å². The lowest BCUT2D eigenvalue weighted by molar-refractivity contribution is 0.0619. The number of rotatable bonds is 4. The molecule has 4 nitrogen and oxygen atoms in total. The van der Waals surface area contributed by atoms with Crippen molar-refractivity contribution in [2.45, 2.75) is 44.8 Å². The highest BCUT2D eigenvalue weighted by atomic mass is 19.3. The number of alkyl halides is 2. The zero-order valence-electron chi connectivity index (χ0n) is 11.6. The van der Waals surface area contributed by atoms with Crippen LogP contribution in [0.3, 0.4) is 0 Å². The highest BCUT2D eigenvalue weighted by Gasteiger charge is 2.28. The predicted octanol–water partition coefficient (Wildman–Crippen LogP) is 2.24. The van der Waals surface area contributed by atoms with Crippen molar-refractivity contribution in [1.29, 1.82) is 0 Å². The zero-order valence-corrected chi connectivity index (χ0v) is 11.6. The molecule has 0 amide bonds. The molecular weight excluding hydrogens is 262 g/mol. The van der Waals surface area contributed by atoms with Crippen molar-refractivity contribution >= 4 is 0 Å². The molecule has 3 heterocycles. The summed E-state index contributed by atoms with van der Waals surface area (Å²) in [5.74, 6) is 1.22. The molecule has 1 atom stereocenters. The second-order valence-electron chi connectivity index (χ2n) is 5.84. The number of halogens is 2. The summed E-state index contributed by atoms with van der Waals surface area (Å²) >= 11 is 0. The maximum atomic E-state index is 12.8. The molecule has 0 bridgehead atoms. The first-order valence-electron chi connectivity index (χ1n) is 7.49. The molecule has 2 aliphatic rings. The van der Waals surface area contributed by atoms with Gasteiger partial charge in [-0.2, -0.15) is 8.78 Å². The molecule has 2 fully saturated rings. The Kier molecular flexibility index (Phi) is 4.31. The van der Waals surface area contributed by atoms with Gasteiger partial charge in [0.05, 0.1) is 6.54 Å². The zero-order chi connectivity index (χ0) is 13.9. The molecule has 1 aromatic heterocycles. The lowest BCUT2D eigenvalue weighted by atomic mass is 9.88. The first-order chi connectivity index (χ1) is 9.74. The van der Waals surface area contributed by atoms with Crippen molar-refractivity contribution < 1.29 is 8.78 Å². The molecule has 0 aliphatic carbocycles. The Morgan fingerprint density at radius 3 is 2.75 bits per heavy atom. The van der Waals surface area contributed by atoms with Crippen LogP contribution in [0.2, 0.25) is 0 Å². The number of nitrogens with one attached hydrogen (secondary N) is 1. The number of imidazole rings is 1. The summed E-state index contributed by atoms with van der Waals surface area (Å²) in [4.78, 5) is 6.30. The van der Waals surface area contributed by atoms with Crippen LogP contribution in [0.5, 0.6) is 0 Å². The molecule has 20 heavy (non-hydrogen) atoms. The number of likely N-dealkylation sites (tertiary alicyclic amines) is 1. The first kappa shape index (κ1) is 13.9. The number of hydrogen-bond acceptors (Lipinski definition) is 3. The predicted molar refractivity (Wildman–Crippen MR) is 72.5 cm³/mol. The Morgan fingerprint density at radius 2 is 2.10 bits per heavy atom. The Labute approximate surface area is 118 Å². The summed E-state index contributed by atoms with van der Waals surface area (Å²) in [5, 5.41) is 3.58. The van der Waals surface area contributed by atoms with Crippen LogP contribution >= 0.6 is 0 Å². The quantitative estimate of drug-likeness (QED) is 0.920. The number of aromatic nitrogens is 2. The third-order valence-corrected chi connectivity index (χ3v) is 4.62. The summed E-state index contributed by atoms with van der Waals surface area (Å²) in [6.07, 6.45) is 7.71. The van der Waals surface area contributed by atoms with Crippen molar-refractivity contribution in [2.75, 3.05) is 19.6 Å². The summed E-state index contributed by atoms with van der Waals surface area (Å²) in [6, 6.07) is 0.681. The first-order valence-corrected chi connectivity index (χ1v) is 7.49. The van der Waals surface area contributed by atoms with Gasteiger partial charge in [-0.05, 0) is 51.2 Å². The van der Waals surface area contributed by atoms with E-state index in [9.17, 15) is 8.78 Å². The molecule has 1 aromatic rings. The molecular formula is C14H22F2N4. The van der Waals surface area contributed by atoms with Gasteiger partial charge in [0.2, 0.25) is 0 Å². The van der Waals surface area contributed by atoms with Crippen LogP contribution in [0.1, 0.15) is 38.1 Å². The van der Waals surface area contributed by atoms with Gasteiger partial charge in [0.15, 0.2) is 0 Å². The molecule has 112 valence electrons. The normalized spacial score (nSPS) is 25.6. The van der Waals surface area contributed by atoms with E-state index in [0.29, 0.717) is 18.4 Å². The van der Waals surface area contributed by atoms with E-state index in [1.54, 1.807) is 0 Å². The molecule has 0 aromatic carbocycles. The highest BCUT2D eigenvalue weighted by molar-refractivity contribution is 4.94. The molecule has 0 saturated carbocycles. The van der Waals surface area contributed by atoms with Gasteiger partial charge < -0.3 is 5.32 Å². The standard InChI is InChI=1S/C14H22F2N4/c15-14(16)20-9-6-18-13(20)10-19-7-3-11(4-8-19)12-2-1-5-17-12/h6,9,11-12,14,17H,1-5,7-8,10H2. The summed E-state index contributed by atoms with van der Waals surface area (Å²) in [7, 11) is 0. The minimum atomic E-state index is -2.49. The van der Waals surface area contributed by atoms with Gasteiger partial charge in [-0.1, -0.05) is 0 Å². The van der Waals surface area contributed by atoms with E-state index in [1.807, 2.05) is 0 Å². The van der Waals surface area contributed by atoms with Crippen LogP contribution in [0.15, 0.2) is 12.4 Å². The third kappa shape index (κ3) is 3.01. The van der Waals surface area contributed by atoms with E-state index in [4.69, 9.17) is 0 Å². The largest absolute Gasteiger partial charge is 0.319 e. The fourth-order valence-electron chi connectivity index (χ4n) is 3.47. The Morgan fingerprint density at radius 1 is 1.30 bits per heavy atom. The molecule has 1 unspecified atom stereocenters. The molecule has 1 N–H and O–H groups in total. The molecule has 0 spiro atoms. The topological polar surface area (TPSA) is 33.1 Å². The number of hydrogen-bond donors (Lipinski definition) is 1. The van der Waals surface area contributed by atoms with Gasteiger partial charge in [-0.3, -0.25) is 9.47 Å². The summed E-state index contributed by atoms with van der Waals surface area (Å²) in [5.41, 5.74) is 0. The number of nitrogens with zero attached hydrogens (tertiary/aromatic N) is 3. The lowest BCUT2D eigenvalue weighted by Crippen LogP contribution is -2.40. The van der Waals surface area contributed by atoms with Crippen molar-refractivity contribution in [3.63, 3.8) is 0 Å². The fraction of sp³-hybridized carbons (Fsp3) is 0.786. The second-order valence-corrected chi connectivity index (χ2v) is 5.84. The minimum Gasteiger partial charge on any atom is -0.314 e. The van der Waals surface area contributed by atoms with Crippen molar-refractivity contribution in [1.82, 2.24) is 19.8 Å². The van der Waals surface area contributed by atoms with E-state index in [0.717, 1.165) is 43.0 Å². The maximum absolute atomic E-state index is 12.8. The van der Waals surface area contributed by atoms with Crippen LogP contribution in [-0.2, 0) is 6.54 Å². The summed E-state index contributed by atoms with van der Waals surface area (Å²) in [6.45, 7) is 1.16. The van der Waals surface area contributed by atoms with Gasteiger partial charge in [-0.15, -0.1) is 0 Å². The SMILES string of the molecule is FC(F)n1ccnc1CN1CCC(C2CCCN2)CC1. The Bertz CT molecular complexity index is 421. The smallest absolute Gasteiger partial charge is 0.314 e. The third-order valence-electron chi connectivity index (χ3n) is 4.62. The van der Waals surface area contributed by atoms with E-state index in [1.165, 1.54) is 25.2 Å². The average Bonchev–Trinajstić information content (AvgIpc) is 3.10. The van der Waals surface area contributed by atoms with Gasteiger partial charge in [0.25, 0.3) is 0 Å². The molecule has 6 heteroatoms. The van der Waals surface area contributed by atoms with Crippen LogP contribution in [0, 0.1) is 5.92 Å². The van der Waals surface area contributed by atoms with E-state index < -0.39 is 6.55 Å². The molecule has 3 rings (SSSR count). The average molecular weight is 284 g/mol. The van der Waals surface area contributed by atoms with Crippen LogP contribution in [0.4, 0.5) is 8.78 Å². The second kappa shape index (κ2) is 6.18. The highest BCUT2D eigenvalue weighted by Crippen LogP contribution is 2.26. The Hall–Kier alpha value is -1.01. The van der Waals surface area contributed by atoms with Crippen LogP contribution < -0.4 is 5.32 Å². The van der Waals surface area contributed by atoms with Gasteiger partial charge in [-0.25, -0.2) is 4.98 Å². The van der Waals surface area contributed by atoms with Crippen LogP contribution in [0.25, 0.3) is 0 Å². The van der Waals surface area contributed by atoms with E-state index in [-0.39, 0.29) is 0 Å². The molecule has 0 radical (unpaired) electrons. The van der Waals surface area contributed by atoms with Gasteiger partial charge >= 0.3 is 6.55 Å². The summed E-state index contributed by atoms with van der Waals surface area (Å²) < 4.78 is 26.5. The molecule has 2 saturated heterocycles. The van der Waals surface area contributed by atoms with Crippen molar-refractivity contribution in [3.8, 4) is 0 Å². The van der Waals surface area contributed by atoms with Gasteiger partial charge in [0.1, 0.15) is 5.82 Å². The number of piperidine rings is 1. The molecule has 2 aliphatic heterocycles. The monoisotopic (exact) mass is 284 g/mol. The Balaban J connectivity index is 1.52. The lowest BCUT2D eigenvalue weighted by Gasteiger charge is -2.34. The van der Waals surface area contributed by atoms with Crippen LogP contribution in [-0.4, -0.2) is 40.1 Å². The maximum Gasteiger partial charge on any atom is 0.319 e. The van der Waals surface area contributed by atoms with E-state index >= 15 is 0 Å².